The van der Waals surface area contributed by atoms with Crippen LogP contribution >= 0.6 is 0 Å². The third-order valence-corrected chi connectivity index (χ3v) is 3.14. The first-order valence-corrected chi connectivity index (χ1v) is 6.56. The van der Waals surface area contributed by atoms with Crippen LogP contribution in [0.1, 0.15) is 47.0 Å². The molecule has 0 heterocycles. The molecule has 1 amide bonds. The highest BCUT2D eigenvalue weighted by atomic mass is 16.5. The van der Waals surface area contributed by atoms with Crippen molar-refractivity contribution in [2.45, 2.75) is 47.0 Å². The third-order valence-electron chi connectivity index (χ3n) is 3.14. The minimum absolute atomic E-state index is 0.164. The lowest BCUT2D eigenvalue weighted by Crippen LogP contribution is -2.36. The van der Waals surface area contributed by atoms with E-state index in [4.69, 9.17) is 4.74 Å². The minimum Gasteiger partial charge on any atom is -0.380 e. The van der Waals surface area contributed by atoms with Crippen molar-refractivity contribution in [2.75, 3.05) is 19.8 Å². The van der Waals surface area contributed by atoms with Crippen molar-refractivity contribution in [1.29, 1.82) is 0 Å². The number of hydrogen-bond acceptors (Lipinski definition) is 2. The second-order valence-corrected chi connectivity index (χ2v) is 4.08. The Kier molecular flexibility index (Phi) is 9.30. The number of carbonyl (C=O) groups excluding carboxylic acids is 1. The van der Waals surface area contributed by atoms with E-state index in [2.05, 4.69) is 26.1 Å². The molecule has 96 valence electrons. The summed E-state index contributed by atoms with van der Waals surface area (Å²) >= 11 is 0. The van der Waals surface area contributed by atoms with Crippen LogP contribution in [0, 0.1) is 11.8 Å². The highest BCUT2D eigenvalue weighted by molar-refractivity contribution is 5.78. The van der Waals surface area contributed by atoms with Crippen molar-refractivity contribution in [3.8, 4) is 0 Å². The average Bonchev–Trinajstić information content (AvgIpc) is 2.31. The fourth-order valence-electron chi connectivity index (χ4n) is 2.11. The Bertz CT molecular complexity index is 179. The molecule has 1 unspecified atom stereocenters. The Labute approximate surface area is 99.9 Å². The third kappa shape index (κ3) is 5.50. The number of amides is 1. The van der Waals surface area contributed by atoms with E-state index in [0.717, 1.165) is 19.3 Å². The molecule has 16 heavy (non-hydrogen) atoms. The summed E-state index contributed by atoms with van der Waals surface area (Å²) in [6.45, 7) is 10.3. The zero-order valence-electron chi connectivity index (χ0n) is 11.2. The van der Waals surface area contributed by atoms with Gasteiger partial charge in [-0.2, -0.15) is 0 Å². The lowest BCUT2D eigenvalue weighted by atomic mass is 9.85. The molecule has 0 aromatic carbocycles. The monoisotopic (exact) mass is 229 g/mol. The summed E-state index contributed by atoms with van der Waals surface area (Å²) in [5.74, 6) is 0.865. The van der Waals surface area contributed by atoms with Gasteiger partial charge >= 0.3 is 0 Å². The van der Waals surface area contributed by atoms with Gasteiger partial charge in [-0.3, -0.25) is 4.79 Å². The van der Waals surface area contributed by atoms with E-state index in [-0.39, 0.29) is 11.8 Å². The molecule has 0 aromatic rings. The summed E-state index contributed by atoms with van der Waals surface area (Å²) in [4.78, 5) is 11.9. The molecular formula is C13H27NO2. The van der Waals surface area contributed by atoms with Gasteiger partial charge in [-0.1, -0.05) is 33.6 Å². The number of hydrogen-bond donors (Lipinski definition) is 1. The maximum atomic E-state index is 11.9. The molecule has 3 heteroatoms. The van der Waals surface area contributed by atoms with Gasteiger partial charge in [0.1, 0.15) is 0 Å². The predicted octanol–water partition coefficient (Wildman–Crippen LogP) is 2.60. The zero-order valence-corrected chi connectivity index (χ0v) is 11.2. The number of rotatable bonds is 9. The van der Waals surface area contributed by atoms with Gasteiger partial charge in [-0.25, -0.2) is 0 Å². The van der Waals surface area contributed by atoms with Crippen LogP contribution in [-0.4, -0.2) is 25.7 Å². The van der Waals surface area contributed by atoms with Gasteiger partial charge < -0.3 is 10.1 Å². The van der Waals surface area contributed by atoms with E-state index in [9.17, 15) is 4.79 Å². The van der Waals surface area contributed by atoms with Crippen LogP contribution in [0.5, 0.6) is 0 Å². The van der Waals surface area contributed by atoms with Crippen molar-refractivity contribution >= 4 is 5.91 Å². The van der Waals surface area contributed by atoms with E-state index in [1.165, 1.54) is 0 Å². The summed E-state index contributed by atoms with van der Waals surface area (Å²) in [5.41, 5.74) is 0. The van der Waals surface area contributed by atoms with Crippen LogP contribution in [0.4, 0.5) is 0 Å². The number of ether oxygens (including phenoxy) is 1. The number of carbonyl (C=O) groups is 1. The van der Waals surface area contributed by atoms with E-state index in [1.54, 1.807) is 0 Å². The lowest BCUT2D eigenvalue weighted by Gasteiger charge is -2.23. The summed E-state index contributed by atoms with van der Waals surface area (Å²) in [6.07, 6.45) is 3.08. The predicted molar refractivity (Wildman–Crippen MR) is 67.4 cm³/mol. The van der Waals surface area contributed by atoms with E-state index >= 15 is 0 Å². The van der Waals surface area contributed by atoms with E-state index in [1.807, 2.05) is 6.92 Å². The highest BCUT2D eigenvalue weighted by Gasteiger charge is 2.23. The zero-order chi connectivity index (χ0) is 12.4. The van der Waals surface area contributed by atoms with Crippen LogP contribution in [0.15, 0.2) is 0 Å². The molecule has 1 atom stereocenters. The molecule has 0 saturated carbocycles. The summed E-state index contributed by atoms with van der Waals surface area (Å²) in [6, 6.07) is 0. The maximum Gasteiger partial charge on any atom is 0.223 e. The highest BCUT2D eigenvalue weighted by Crippen LogP contribution is 2.22. The van der Waals surface area contributed by atoms with Crippen LogP contribution in [-0.2, 0) is 9.53 Å². The molecule has 3 nitrogen and oxygen atoms in total. The SMILES string of the molecule is CCOCCNC(=O)C(CC)C(CC)CC. The quantitative estimate of drug-likeness (QED) is 0.617. The molecule has 0 bridgehead atoms. The maximum absolute atomic E-state index is 11.9. The van der Waals surface area contributed by atoms with Gasteiger partial charge in [0.15, 0.2) is 0 Å². The molecule has 0 aliphatic rings. The molecule has 0 aliphatic carbocycles. The summed E-state index contributed by atoms with van der Waals surface area (Å²) in [5, 5.41) is 2.95. The molecule has 1 N–H and O–H groups in total. The summed E-state index contributed by atoms with van der Waals surface area (Å²) < 4.78 is 5.20. The molecule has 0 saturated heterocycles. The van der Waals surface area contributed by atoms with Crippen molar-refractivity contribution in [1.82, 2.24) is 5.32 Å². The van der Waals surface area contributed by atoms with Gasteiger partial charge in [0.25, 0.3) is 0 Å². The Morgan fingerprint density at radius 2 is 1.75 bits per heavy atom. The van der Waals surface area contributed by atoms with Crippen LogP contribution < -0.4 is 5.32 Å². The first-order valence-electron chi connectivity index (χ1n) is 6.56. The van der Waals surface area contributed by atoms with Crippen molar-refractivity contribution in [3.63, 3.8) is 0 Å². The van der Waals surface area contributed by atoms with Gasteiger partial charge in [-0.15, -0.1) is 0 Å². The fourth-order valence-corrected chi connectivity index (χ4v) is 2.11. The smallest absolute Gasteiger partial charge is 0.223 e. The molecule has 0 fully saturated rings. The molecule has 0 aromatic heterocycles. The first-order chi connectivity index (χ1) is 7.71. The van der Waals surface area contributed by atoms with Crippen molar-refractivity contribution in [2.24, 2.45) is 11.8 Å². The fraction of sp³-hybridized carbons (Fsp3) is 0.923. The number of nitrogens with one attached hydrogen (secondary N) is 1. The standard InChI is InChI=1S/C13H27NO2/c1-5-11(6-2)12(7-3)13(15)14-9-10-16-8-4/h11-12H,5-10H2,1-4H3,(H,14,15). The Morgan fingerprint density at radius 3 is 2.19 bits per heavy atom. The molecule has 0 spiro atoms. The Hall–Kier alpha value is -0.570. The molecule has 0 radical (unpaired) electrons. The van der Waals surface area contributed by atoms with Crippen LogP contribution in [0.3, 0.4) is 0 Å². The first kappa shape index (κ1) is 15.4. The lowest BCUT2D eigenvalue weighted by molar-refractivity contribution is -0.127. The largest absolute Gasteiger partial charge is 0.380 e. The molecule has 0 aliphatic heterocycles. The van der Waals surface area contributed by atoms with E-state index < -0.39 is 0 Å². The van der Waals surface area contributed by atoms with Crippen molar-refractivity contribution < 1.29 is 9.53 Å². The van der Waals surface area contributed by atoms with E-state index in [0.29, 0.717) is 25.7 Å². The topological polar surface area (TPSA) is 38.3 Å². The second-order valence-electron chi connectivity index (χ2n) is 4.08. The van der Waals surface area contributed by atoms with Crippen LogP contribution in [0.25, 0.3) is 0 Å². The molecular weight excluding hydrogens is 202 g/mol. The Morgan fingerprint density at radius 1 is 1.12 bits per heavy atom. The minimum atomic E-state index is 0.164. The summed E-state index contributed by atoms with van der Waals surface area (Å²) in [7, 11) is 0. The van der Waals surface area contributed by atoms with Gasteiger partial charge in [0.2, 0.25) is 5.91 Å². The van der Waals surface area contributed by atoms with Crippen LogP contribution in [0.2, 0.25) is 0 Å². The average molecular weight is 229 g/mol. The second kappa shape index (κ2) is 9.64. The van der Waals surface area contributed by atoms with Gasteiger partial charge in [0, 0.05) is 19.1 Å². The van der Waals surface area contributed by atoms with Gasteiger partial charge in [0.05, 0.1) is 6.61 Å². The normalized spacial score (nSPS) is 12.8. The van der Waals surface area contributed by atoms with Crippen molar-refractivity contribution in [3.05, 3.63) is 0 Å². The van der Waals surface area contributed by atoms with Gasteiger partial charge in [-0.05, 0) is 19.3 Å². The Balaban J connectivity index is 3.99. The molecule has 0 rings (SSSR count).